The second-order valence-corrected chi connectivity index (χ2v) is 6.64. The van der Waals surface area contributed by atoms with Gasteiger partial charge in [-0.2, -0.15) is 0 Å². The minimum atomic E-state index is -0.219. The number of anilines is 1. The quantitative estimate of drug-likeness (QED) is 0.781. The molecule has 2 amide bonds. The number of nitrogens with zero attached hydrogens (tertiary/aromatic N) is 1. The summed E-state index contributed by atoms with van der Waals surface area (Å²) in [6.45, 7) is 8.24. The van der Waals surface area contributed by atoms with Crippen molar-refractivity contribution >= 4 is 40.5 Å². The Balaban J connectivity index is 2.70. The second kappa shape index (κ2) is 5.97. The van der Waals surface area contributed by atoms with Gasteiger partial charge in [0, 0.05) is 10.5 Å². The molecule has 0 aliphatic rings. The fraction of sp³-hybridized carbons (Fsp3) is 0.462. The zero-order valence-corrected chi connectivity index (χ0v) is 13.5. The third-order valence-corrected chi connectivity index (χ3v) is 3.84. The lowest BCUT2D eigenvalue weighted by Gasteiger charge is -2.29. The van der Waals surface area contributed by atoms with Gasteiger partial charge in [-0.15, -0.1) is 0 Å². The minimum absolute atomic E-state index is 0.0179. The van der Waals surface area contributed by atoms with Crippen LogP contribution < -0.4 is 9.62 Å². The van der Waals surface area contributed by atoms with E-state index in [1.165, 1.54) is 4.31 Å². The first kappa shape index (κ1) is 15.4. The standard InChI is InChI=1S/C13H19BrN2OS/c1-9(13(2,3)4)15-12(17)16(18)11-7-5-10(14)6-8-11/h5-9,18H,1-4H3,(H,15,17). The van der Waals surface area contributed by atoms with E-state index >= 15 is 0 Å². The number of halogens is 1. The van der Waals surface area contributed by atoms with Gasteiger partial charge >= 0.3 is 6.03 Å². The van der Waals surface area contributed by atoms with Gasteiger partial charge in [0.2, 0.25) is 0 Å². The van der Waals surface area contributed by atoms with Crippen molar-refractivity contribution in [1.82, 2.24) is 5.32 Å². The summed E-state index contributed by atoms with van der Waals surface area (Å²) in [6, 6.07) is 7.26. The molecule has 1 atom stereocenters. The molecule has 0 saturated carbocycles. The van der Waals surface area contributed by atoms with Crippen LogP contribution in [0.3, 0.4) is 0 Å². The number of amides is 2. The van der Waals surface area contributed by atoms with E-state index in [9.17, 15) is 4.79 Å². The average molecular weight is 331 g/mol. The van der Waals surface area contributed by atoms with Gasteiger partial charge in [-0.05, 0) is 36.6 Å². The van der Waals surface area contributed by atoms with Crippen LogP contribution in [0, 0.1) is 5.41 Å². The first-order chi connectivity index (χ1) is 8.21. The number of rotatable bonds is 2. The third kappa shape index (κ3) is 4.21. The zero-order chi connectivity index (χ0) is 13.9. The van der Waals surface area contributed by atoms with Crippen LogP contribution in [-0.4, -0.2) is 12.1 Å². The van der Waals surface area contributed by atoms with E-state index in [1.807, 2.05) is 31.2 Å². The fourth-order valence-electron chi connectivity index (χ4n) is 1.16. The van der Waals surface area contributed by atoms with Crippen molar-refractivity contribution in [2.24, 2.45) is 5.41 Å². The van der Waals surface area contributed by atoms with Gasteiger partial charge in [0.25, 0.3) is 0 Å². The summed E-state index contributed by atoms with van der Waals surface area (Å²) < 4.78 is 2.28. The second-order valence-electron chi connectivity index (χ2n) is 5.33. The number of nitrogens with one attached hydrogen (secondary N) is 1. The highest BCUT2D eigenvalue weighted by molar-refractivity contribution is 9.10. The predicted octanol–water partition coefficient (Wildman–Crippen LogP) is 4.24. The smallest absolute Gasteiger partial charge is 0.332 e. The molecule has 0 spiro atoms. The van der Waals surface area contributed by atoms with Crippen LogP contribution in [-0.2, 0) is 0 Å². The lowest BCUT2D eigenvalue weighted by Crippen LogP contribution is -2.45. The Labute approximate surface area is 123 Å². The molecular formula is C13H19BrN2OS. The molecule has 0 aliphatic heterocycles. The molecule has 0 bridgehead atoms. The molecule has 1 aromatic carbocycles. The zero-order valence-electron chi connectivity index (χ0n) is 11.1. The molecule has 1 rings (SSSR count). The number of carbonyl (C=O) groups is 1. The SMILES string of the molecule is CC(NC(=O)N(S)c1ccc(Br)cc1)C(C)(C)C. The first-order valence-electron chi connectivity index (χ1n) is 5.77. The lowest BCUT2D eigenvalue weighted by molar-refractivity contribution is 0.231. The number of carbonyl (C=O) groups excluding carboxylic acids is 1. The molecule has 0 aliphatic carbocycles. The predicted molar refractivity (Wildman–Crippen MR) is 83.1 cm³/mol. The van der Waals surface area contributed by atoms with Crippen LogP contribution >= 0.6 is 28.7 Å². The van der Waals surface area contributed by atoms with Gasteiger partial charge in [0.1, 0.15) is 0 Å². The molecule has 0 radical (unpaired) electrons. The molecule has 1 unspecified atom stereocenters. The van der Waals surface area contributed by atoms with E-state index in [4.69, 9.17) is 0 Å². The van der Waals surface area contributed by atoms with Crippen LogP contribution in [0.5, 0.6) is 0 Å². The molecule has 1 aromatic rings. The summed E-state index contributed by atoms with van der Waals surface area (Å²) in [7, 11) is 0. The van der Waals surface area contributed by atoms with Crippen molar-refractivity contribution in [2.75, 3.05) is 4.31 Å². The number of benzene rings is 1. The Bertz CT molecular complexity index is 414. The third-order valence-electron chi connectivity index (χ3n) is 2.90. The Morgan fingerprint density at radius 1 is 1.33 bits per heavy atom. The van der Waals surface area contributed by atoms with Crippen LogP contribution in [0.25, 0.3) is 0 Å². The maximum atomic E-state index is 12.0. The molecule has 5 heteroatoms. The van der Waals surface area contributed by atoms with Gasteiger partial charge < -0.3 is 5.32 Å². The van der Waals surface area contributed by atoms with Crippen LogP contribution in [0.15, 0.2) is 28.7 Å². The van der Waals surface area contributed by atoms with Gasteiger partial charge in [-0.3, -0.25) is 0 Å². The Hall–Kier alpha value is -0.680. The van der Waals surface area contributed by atoms with Crippen LogP contribution in [0.4, 0.5) is 10.5 Å². The molecule has 0 saturated heterocycles. The van der Waals surface area contributed by atoms with Crippen molar-refractivity contribution in [3.8, 4) is 0 Å². The summed E-state index contributed by atoms with van der Waals surface area (Å²) in [5.41, 5.74) is 0.754. The number of thiol groups is 1. The number of hydrogen-bond donors (Lipinski definition) is 2. The molecular weight excluding hydrogens is 312 g/mol. The summed E-state index contributed by atoms with van der Waals surface area (Å²) in [5, 5.41) is 2.93. The van der Waals surface area contributed by atoms with Crippen molar-refractivity contribution in [1.29, 1.82) is 0 Å². The average Bonchev–Trinajstić information content (AvgIpc) is 2.27. The summed E-state index contributed by atoms with van der Waals surface area (Å²) in [6.07, 6.45) is 0. The van der Waals surface area contributed by atoms with Crippen molar-refractivity contribution in [3.05, 3.63) is 28.7 Å². The highest BCUT2D eigenvalue weighted by atomic mass is 79.9. The van der Waals surface area contributed by atoms with Gasteiger partial charge in [-0.25, -0.2) is 9.10 Å². The molecule has 0 aromatic heterocycles. The highest BCUT2D eigenvalue weighted by Gasteiger charge is 2.23. The van der Waals surface area contributed by atoms with Crippen molar-refractivity contribution in [2.45, 2.75) is 33.7 Å². The maximum Gasteiger partial charge on any atom is 0.332 e. The fourth-order valence-corrected chi connectivity index (χ4v) is 1.62. The molecule has 3 nitrogen and oxygen atoms in total. The van der Waals surface area contributed by atoms with E-state index < -0.39 is 0 Å². The lowest BCUT2D eigenvalue weighted by atomic mass is 9.88. The summed E-state index contributed by atoms with van der Waals surface area (Å²) in [4.78, 5) is 12.0. The van der Waals surface area contributed by atoms with Gasteiger partial charge in [-0.1, -0.05) is 49.5 Å². The largest absolute Gasteiger partial charge is 0.334 e. The molecule has 100 valence electrons. The number of urea groups is 1. The minimum Gasteiger partial charge on any atom is -0.334 e. The summed E-state index contributed by atoms with van der Waals surface area (Å²) in [5.74, 6) is 0. The Kier molecular flexibility index (Phi) is 5.10. The van der Waals surface area contributed by atoms with Gasteiger partial charge in [0.05, 0.1) is 5.69 Å². The van der Waals surface area contributed by atoms with E-state index in [0.29, 0.717) is 0 Å². The summed E-state index contributed by atoms with van der Waals surface area (Å²) >= 11 is 7.58. The van der Waals surface area contributed by atoms with E-state index in [2.05, 4.69) is 54.8 Å². The van der Waals surface area contributed by atoms with E-state index in [0.717, 1.165) is 10.2 Å². The van der Waals surface area contributed by atoms with Crippen LogP contribution in [0.2, 0.25) is 0 Å². The van der Waals surface area contributed by atoms with Gasteiger partial charge in [0.15, 0.2) is 0 Å². The molecule has 0 fully saturated rings. The van der Waals surface area contributed by atoms with Crippen molar-refractivity contribution in [3.63, 3.8) is 0 Å². The van der Waals surface area contributed by atoms with Crippen molar-refractivity contribution < 1.29 is 4.79 Å². The molecule has 1 N–H and O–H groups in total. The Morgan fingerprint density at radius 3 is 2.28 bits per heavy atom. The topological polar surface area (TPSA) is 32.3 Å². The molecule has 18 heavy (non-hydrogen) atoms. The highest BCUT2D eigenvalue weighted by Crippen LogP contribution is 2.22. The normalized spacial score (nSPS) is 13.0. The maximum absolute atomic E-state index is 12.0. The Morgan fingerprint density at radius 2 is 1.83 bits per heavy atom. The molecule has 0 heterocycles. The van der Waals surface area contributed by atoms with E-state index in [1.54, 1.807) is 0 Å². The number of hydrogen-bond acceptors (Lipinski definition) is 2. The monoisotopic (exact) mass is 330 g/mol. The first-order valence-corrected chi connectivity index (χ1v) is 6.96. The van der Waals surface area contributed by atoms with E-state index in [-0.39, 0.29) is 17.5 Å². The van der Waals surface area contributed by atoms with Crippen LogP contribution in [0.1, 0.15) is 27.7 Å².